The number of nitro groups is 1. The predicted octanol–water partition coefficient (Wildman–Crippen LogP) is 3.85. The minimum absolute atomic E-state index is 0.0490. The van der Waals surface area contributed by atoms with E-state index in [1.807, 2.05) is 6.92 Å². The molecule has 0 aliphatic carbocycles. The van der Waals surface area contributed by atoms with E-state index in [-0.39, 0.29) is 16.8 Å². The Labute approximate surface area is 99.8 Å². The van der Waals surface area contributed by atoms with Crippen LogP contribution in [0.5, 0.6) is 0 Å². The molecule has 0 aliphatic heterocycles. The number of rotatable bonds is 5. The quantitative estimate of drug-likeness (QED) is 0.630. The van der Waals surface area contributed by atoms with Gasteiger partial charge in [0.05, 0.1) is 4.92 Å². The molecule has 0 bridgehead atoms. The molecule has 0 fully saturated rings. The molecule has 88 valence electrons. The Morgan fingerprint density at radius 1 is 1.56 bits per heavy atom. The topological polar surface area (TPSA) is 55.2 Å². The number of benzene rings is 1. The van der Waals surface area contributed by atoms with Crippen LogP contribution in [0, 0.1) is 10.1 Å². The molecule has 0 amide bonds. The van der Waals surface area contributed by atoms with Crippen LogP contribution in [0.2, 0.25) is 5.02 Å². The molecule has 0 aliphatic rings. The molecule has 4 nitrogen and oxygen atoms in total. The summed E-state index contributed by atoms with van der Waals surface area (Å²) < 4.78 is 0. The van der Waals surface area contributed by atoms with E-state index in [0.717, 1.165) is 12.8 Å². The van der Waals surface area contributed by atoms with Crippen LogP contribution in [0.4, 0.5) is 11.4 Å². The maximum atomic E-state index is 10.9. The lowest BCUT2D eigenvalue weighted by Gasteiger charge is -2.14. The average Bonchev–Trinajstić information content (AvgIpc) is 2.17. The molecule has 0 heterocycles. The second kappa shape index (κ2) is 5.70. The van der Waals surface area contributed by atoms with Crippen LogP contribution in [0.15, 0.2) is 18.2 Å². The first-order valence-electron chi connectivity index (χ1n) is 5.25. The van der Waals surface area contributed by atoms with Gasteiger partial charge >= 0.3 is 5.69 Å². The van der Waals surface area contributed by atoms with E-state index in [0.29, 0.717) is 5.69 Å². The molecule has 0 aromatic heterocycles. The Morgan fingerprint density at radius 3 is 2.81 bits per heavy atom. The predicted molar refractivity (Wildman–Crippen MR) is 66.1 cm³/mol. The fourth-order valence-electron chi connectivity index (χ4n) is 1.59. The molecule has 1 rings (SSSR count). The lowest BCUT2D eigenvalue weighted by molar-refractivity contribution is -0.383. The highest BCUT2D eigenvalue weighted by Crippen LogP contribution is 2.32. The molecule has 0 saturated heterocycles. The van der Waals surface area contributed by atoms with Gasteiger partial charge in [0.1, 0.15) is 10.7 Å². The van der Waals surface area contributed by atoms with Crippen molar-refractivity contribution >= 4 is 23.0 Å². The third-order valence-corrected chi connectivity index (χ3v) is 2.60. The first-order valence-corrected chi connectivity index (χ1v) is 5.63. The summed E-state index contributed by atoms with van der Waals surface area (Å²) in [5, 5.41) is 14.1. The molecular weight excluding hydrogens is 228 g/mol. The van der Waals surface area contributed by atoms with Gasteiger partial charge in [-0.1, -0.05) is 31.0 Å². The zero-order valence-corrected chi connectivity index (χ0v) is 10.1. The van der Waals surface area contributed by atoms with Crippen LogP contribution >= 0.6 is 11.6 Å². The molecule has 0 spiro atoms. The molecule has 1 N–H and O–H groups in total. The van der Waals surface area contributed by atoms with Gasteiger partial charge in [-0.05, 0) is 25.5 Å². The molecular formula is C11H15ClN2O2. The van der Waals surface area contributed by atoms with Crippen molar-refractivity contribution in [2.75, 3.05) is 5.32 Å². The van der Waals surface area contributed by atoms with Crippen LogP contribution in [0.1, 0.15) is 26.7 Å². The first-order chi connectivity index (χ1) is 7.56. The molecule has 1 atom stereocenters. The summed E-state index contributed by atoms with van der Waals surface area (Å²) in [7, 11) is 0. The Morgan fingerprint density at radius 2 is 2.25 bits per heavy atom. The van der Waals surface area contributed by atoms with Crippen molar-refractivity contribution in [3.05, 3.63) is 33.3 Å². The third kappa shape index (κ3) is 3.10. The summed E-state index contributed by atoms with van der Waals surface area (Å²) in [6.45, 7) is 4.07. The maximum absolute atomic E-state index is 10.9. The lowest BCUT2D eigenvalue weighted by atomic mass is 10.1. The van der Waals surface area contributed by atoms with Crippen LogP contribution in [-0.2, 0) is 0 Å². The van der Waals surface area contributed by atoms with Crippen LogP contribution in [0.3, 0.4) is 0 Å². The summed E-state index contributed by atoms with van der Waals surface area (Å²) in [4.78, 5) is 10.4. The van der Waals surface area contributed by atoms with E-state index in [4.69, 9.17) is 11.6 Å². The van der Waals surface area contributed by atoms with Crippen molar-refractivity contribution in [1.29, 1.82) is 0 Å². The Hall–Kier alpha value is -1.29. The number of anilines is 1. The fraction of sp³-hybridized carbons (Fsp3) is 0.455. The van der Waals surface area contributed by atoms with E-state index in [9.17, 15) is 10.1 Å². The Balaban J connectivity index is 2.95. The third-order valence-electron chi connectivity index (χ3n) is 2.29. The number of nitrogens with one attached hydrogen (secondary N) is 1. The zero-order chi connectivity index (χ0) is 12.1. The fourth-order valence-corrected chi connectivity index (χ4v) is 1.83. The highest BCUT2D eigenvalue weighted by Gasteiger charge is 2.18. The van der Waals surface area contributed by atoms with Gasteiger partial charge in [-0.3, -0.25) is 10.1 Å². The zero-order valence-electron chi connectivity index (χ0n) is 9.37. The summed E-state index contributed by atoms with van der Waals surface area (Å²) in [5.74, 6) is 0. The molecule has 0 saturated carbocycles. The Kier molecular flexibility index (Phi) is 4.55. The van der Waals surface area contributed by atoms with Gasteiger partial charge in [0.15, 0.2) is 0 Å². The number of nitro benzene ring substituents is 1. The van der Waals surface area contributed by atoms with Gasteiger partial charge in [-0.2, -0.15) is 0 Å². The van der Waals surface area contributed by atoms with Crippen LogP contribution in [-0.4, -0.2) is 11.0 Å². The highest BCUT2D eigenvalue weighted by atomic mass is 35.5. The van der Waals surface area contributed by atoms with Crippen molar-refractivity contribution in [2.24, 2.45) is 0 Å². The van der Waals surface area contributed by atoms with Gasteiger partial charge < -0.3 is 5.32 Å². The number of hydrogen-bond acceptors (Lipinski definition) is 3. The van der Waals surface area contributed by atoms with Crippen LogP contribution < -0.4 is 5.32 Å². The minimum Gasteiger partial charge on any atom is -0.377 e. The van der Waals surface area contributed by atoms with Gasteiger partial charge in [0.25, 0.3) is 0 Å². The molecule has 16 heavy (non-hydrogen) atoms. The first kappa shape index (κ1) is 12.8. The normalized spacial score (nSPS) is 12.2. The summed E-state index contributed by atoms with van der Waals surface area (Å²) in [5.41, 5.74) is 0.436. The van der Waals surface area contributed by atoms with E-state index < -0.39 is 4.92 Å². The highest BCUT2D eigenvalue weighted by molar-refractivity contribution is 6.33. The number of para-hydroxylation sites is 1. The second-order valence-electron chi connectivity index (χ2n) is 3.73. The molecule has 1 aromatic rings. The van der Waals surface area contributed by atoms with E-state index in [2.05, 4.69) is 12.2 Å². The van der Waals surface area contributed by atoms with Gasteiger partial charge in [-0.15, -0.1) is 0 Å². The summed E-state index contributed by atoms with van der Waals surface area (Å²) in [6, 6.07) is 5.10. The number of halogens is 1. The lowest BCUT2D eigenvalue weighted by Crippen LogP contribution is -2.15. The Bertz CT molecular complexity index is 382. The van der Waals surface area contributed by atoms with Crippen LogP contribution in [0.25, 0.3) is 0 Å². The van der Waals surface area contributed by atoms with Crippen molar-refractivity contribution < 1.29 is 4.92 Å². The van der Waals surface area contributed by atoms with Gasteiger partial charge in [-0.25, -0.2) is 0 Å². The van der Waals surface area contributed by atoms with E-state index in [1.54, 1.807) is 12.1 Å². The van der Waals surface area contributed by atoms with Gasteiger partial charge in [0.2, 0.25) is 0 Å². The van der Waals surface area contributed by atoms with E-state index >= 15 is 0 Å². The van der Waals surface area contributed by atoms with Crippen molar-refractivity contribution in [1.82, 2.24) is 0 Å². The summed E-state index contributed by atoms with van der Waals surface area (Å²) >= 11 is 5.80. The minimum atomic E-state index is -0.455. The largest absolute Gasteiger partial charge is 0.377 e. The standard InChI is InChI=1S/C11H15ClN2O2/c1-3-5-8(2)13-10-7-4-6-9(12)11(10)14(15)16/h4,6-8,13H,3,5H2,1-2H3. The number of nitrogens with zero attached hydrogens (tertiary/aromatic N) is 1. The second-order valence-corrected chi connectivity index (χ2v) is 4.13. The summed E-state index contributed by atoms with van der Waals surface area (Å²) in [6.07, 6.45) is 1.99. The smallest absolute Gasteiger partial charge is 0.310 e. The van der Waals surface area contributed by atoms with E-state index in [1.165, 1.54) is 6.07 Å². The molecule has 0 radical (unpaired) electrons. The number of hydrogen-bond donors (Lipinski definition) is 1. The molecule has 5 heteroatoms. The van der Waals surface area contributed by atoms with Crippen molar-refractivity contribution in [3.63, 3.8) is 0 Å². The SMILES string of the molecule is CCCC(C)Nc1cccc(Cl)c1[N+](=O)[O-]. The van der Waals surface area contributed by atoms with Crippen molar-refractivity contribution in [3.8, 4) is 0 Å². The monoisotopic (exact) mass is 242 g/mol. The molecule has 1 unspecified atom stereocenters. The maximum Gasteiger partial charge on any atom is 0.310 e. The average molecular weight is 243 g/mol. The molecule has 1 aromatic carbocycles. The van der Waals surface area contributed by atoms with Crippen molar-refractivity contribution in [2.45, 2.75) is 32.7 Å². The van der Waals surface area contributed by atoms with Gasteiger partial charge in [0, 0.05) is 6.04 Å².